The molecule has 0 radical (unpaired) electrons. The van der Waals surface area contributed by atoms with Gasteiger partial charge in [-0.2, -0.15) is 0 Å². The summed E-state index contributed by atoms with van der Waals surface area (Å²) in [5, 5.41) is 6.17. The second-order valence-electron chi connectivity index (χ2n) is 8.27. The van der Waals surface area contributed by atoms with E-state index >= 15 is 0 Å². The number of benzene rings is 3. The molecule has 2 amide bonds. The number of hydrogen-bond acceptors (Lipinski definition) is 4. The van der Waals surface area contributed by atoms with Crippen molar-refractivity contribution in [3.63, 3.8) is 0 Å². The molecule has 3 aromatic carbocycles. The Kier molecular flexibility index (Phi) is 5.86. The summed E-state index contributed by atoms with van der Waals surface area (Å²) in [7, 11) is 0. The summed E-state index contributed by atoms with van der Waals surface area (Å²) in [6.07, 6.45) is 2.10. The fourth-order valence-electron chi connectivity index (χ4n) is 4.41. The van der Waals surface area contributed by atoms with Gasteiger partial charge in [0.15, 0.2) is 0 Å². The van der Waals surface area contributed by atoms with Gasteiger partial charge in [-0.15, -0.1) is 11.3 Å². The molecule has 1 aliphatic rings. The van der Waals surface area contributed by atoms with E-state index in [1.165, 1.54) is 9.71 Å². The van der Waals surface area contributed by atoms with Crippen LogP contribution in [0.5, 0.6) is 0 Å². The summed E-state index contributed by atoms with van der Waals surface area (Å²) in [6, 6.07) is 22.2. The predicted octanol–water partition coefficient (Wildman–Crippen LogP) is 4.51. The Morgan fingerprint density at radius 3 is 2.56 bits per heavy atom. The first-order chi connectivity index (χ1) is 15.7. The van der Waals surface area contributed by atoms with E-state index in [4.69, 9.17) is 4.98 Å². The highest BCUT2D eigenvalue weighted by Gasteiger charge is 2.26. The first-order valence-electron chi connectivity index (χ1n) is 11.0. The molecule has 0 spiro atoms. The van der Waals surface area contributed by atoms with Gasteiger partial charge in [-0.25, -0.2) is 4.98 Å². The summed E-state index contributed by atoms with van der Waals surface area (Å²) < 4.78 is 1.22. The second kappa shape index (κ2) is 9.09. The van der Waals surface area contributed by atoms with Crippen molar-refractivity contribution in [3.05, 3.63) is 77.3 Å². The maximum absolute atomic E-state index is 12.6. The first kappa shape index (κ1) is 20.6. The number of nitrogens with zero attached hydrogens (tertiary/aromatic N) is 2. The number of carbonyl (C=O) groups is 2. The van der Waals surface area contributed by atoms with Crippen LogP contribution in [0, 0.1) is 0 Å². The van der Waals surface area contributed by atoms with Crippen LogP contribution in [0.1, 0.15) is 29.3 Å². The van der Waals surface area contributed by atoms with Crippen LogP contribution in [0.15, 0.2) is 66.7 Å². The van der Waals surface area contributed by atoms with Gasteiger partial charge >= 0.3 is 0 Å². The van der Waals surface area contributed by atoms with E-state index in [1.54, 1.807) is 11.3 Å². The van der Waals surface area contributed by atoms with Crippen LogP contribution < -0.4 is 5.32 Å². The van der Waals surface area contributed by atoms with E-state index in [1.807, 2.05) is 59.5 Å². The van der Waals surface area contributed by atoms with Crippen molar-refractivity contribution in [2.45, 2.75) is 25.2 Å². The minimum absolute atomic E-state index is 0.0148. The van der Waals surface area contributed by atoms with E-state index in [-0.39, 0.29) is 24.8 Å². The number of piperidine rings is 1. The van der Waals surface area contributed by atoms with Crippen molar-refractivity contribution in [2.24, 2.45) is 0 Å². The normalized spacial score (nSPS) is 14.7. The second-order valence-corrected chi connectivity index (χ2v) is 9.33. The summed E-state index contributed by atoms with van der Waals surface area (Å²) in [5.74, 6) is 0.260. The maximum Gasteiger partial charge on any atom is 0.241 e. The largest absolute Gasteiger partial charge is 0.347 e. The van der Waals surface area contributed by atoms with Crippen LogP contribution in [-0.2, 0) is 16.0 Å². The van der Waals surface area contributed by atoms with Gasteiger partial charge in [0.1, 0.15) is 0 Å². The lowest BCUT2D eigenvalue weighted by Gasteiger charge is -2.31. The zero-order valence-electron chi connectivity index (χ0n) is 17.8. The molecule has 4 aromatic rings. The number of thiazole rings is 1. The Balaban J connectivity index is 1.13. The third kappa shape index (κ3) is 4.36. The molecular formula is C26H25N3O2S. The Morgan fingerprint density at radius 2 is 1.72 bits per heavy atom. The van der Waals surface area contributed by atoms with Crippen LogP contribution in [-0.4, -0.2) is 41.3 Å². The molecule has 162 valence electrons. The lowest BCUT2D eigenvalue weighted by atomic mass is 9.97. The molecule has 0 bridgehead atoms. The van der Waals surface area contributed by atoms with Crippen molar-refractivity contribution in [1.82, 2.24) is 15.2 Å². The lowest BCUT2D eigenvalue weighted by molar-refractivity contribution is -0.133. The van der Waals surface area contributed by atoms with Crippen molar-refractivity contribution in [1.29, 1.82) is 0 Å². The molecule has 1 aromatic heterocycles. The summed E-state index contributed by atoms with van der Waals surface area (Å²) in [6.45, 7) is 1.46. The van der Waals surface area contributed by atoms with Gasteiger partial charge < -0.3 is 10.2 Å². The number of fused-ring (bicyclic) bond motifs is 2. The maximum atomic E-state index is 12.6. The summed E-state index contributed by atoms with van der Waals surface area (Å²) in [5.41, 5.74) is 2.03. The number of carbonyl (C=O) groups excluding carboxylic acids is 2. The topological polar surface area (TPSA) is 62.3 Å². The van der Waals surface area contributed by atoms with Gasteiger partial charge in [-0.05, 0) is 41.3 Å². The molecule has 0 unspecified atom stereocenters. The van der Waals surface area contributed by atoms with Crippen molar-refractivity contribution < 1.29 is 9.59 Å². The molecule has 0 saturated carbocycles. The fourth-order valence-corrected chi connectivity index (χ4v) is 5.55. The van der Waals surface area contributed by atoms with Gasteiger partial charge in [-0.1, -0.05) is 54.6 Å². The van der Waals surface area contributed by atoms with Gasteiger partial charge in [0.05, 0.1) is 28.2 Å². The van der Waals surface area contributed by atoms with Crippen LogP contribution >= 0.6 is 11.3 Å². The minimum Gasteiger partial charge on any atom is -0.347 e. The molecule has 0 atom stereocenters. The van der Waals surface area contributed by atoms with E-state index in [2.05, 4.69) is 17.4 Å². The van der Waals surface area contributed by atoms with Gasteiger partial charge in [0.25, 0.3) is 0 Å². The smallest absolute Gasteiger partial charge is 0.241 e. The number of likely N-dealkylation sites (tertiary alicyclic amines) is 1. The Labute approximate surface area is 191 Å². The molecule has 1 saturated heterocycles. The van der Waals surface area contributed by atoms with Gasteiger partial charge in [0.2, 0.25) is 11.8 Å². The molecule has 1 aliphatic heterocycles. The Hall–Kier alpha value is -3.25. The minimum atomic E-state index is -0.126. The monoisotopic (exact) mass is 443 g/mol. The zero-order valence-corrected chi connectivity index (χ0v) is 18.6. The molecule has 0 aliphatic carbocycles. The van der Waals surface area contributed by atoms with Crippen molar-refractivity contribution in [3.8, 4) is 0 Å². The number of nitrogens with one attached hydrogen (secondary N) is 1. The van der Waals surface area contributed by atoms with Gasteiger partial charge in [0, 0.05) is 19.0 Å². The molecule has 6 heteroatoms. The molecule has 32 heavy (non-hydrogen) atoms. The number of para-hydroxylation sites is 1. The standard InChI is InChI=1S/C26H25N3O2S/c30-24(16-20-8-5-7-18-6-1-2-9-21(18)20)27-17-25(31)29-14-12-19(13-15-29)26-28-22-10-3-4-11-23(22)32-26/h1-11,19H,12-17H2,(H,27,30). The van der Waals surface area contributed by atoms with Crippen LogP contribution in [0.4, 0.5) is 0 Å². The SMILES string of the molecule is O=C(Cc1cccc2ccccc12)NCC(=O)N1CCC(c2nc3ccccc3s2)CC1. The molecule has 1 fully saturated rings. The number of aromatic nitrogens is 1. The zero-order chi connectivity index (χ0) is 21.9. The summed E-state index contributed by atoms with van der Waals surface area (Å²) >= 11 is 1.76. The van der Waals surface area contributed by atoms with Gasteiger partial charge in [-0.3, -0.25) is 9.59 Å². The van der Waals surface area contributed by atoms with Crippen LogP contribution in [0.2, 0.25) is 0 Å². The molecule has 2 heterocycles. The van der Waals surface area contributed by atoms with E-state index in [0.29, 0.717) is 19.0 Å². The molecule has 1 N–H and O–H groups in total. The highest BCUT2D eigenvalue weighted by Crippen LogP contribution is 2.33. The number of rotatable bonds is 5. The van der Waals surface area contributed by atoms with Crippen LogP contribution in [0.25, 0.3) is 21.0 Å². The molecule has 5 nitrogen and oxygen atoms in total. The van der Waals surface area contributed by atoms with Crippen LogP contribution in [0.3, 0.4) is 0 Å². The number of amides is 2. The third-order valence-electron chi connectivity index (χ3n) is 6.18. The van der Waals surface area contributed by atoms with E-state index < -0.39 is 0 Å². The van der Waals surface area contributed by atoms with E-state index in [9.17, 15) is 9.59 Å². The quantitative estimate of drug-likeness (QED) is 0.494. The van der Waals surface area contributed by atoms with E-state index in [0.717, 1.165) is 34.7 Å². The van der Waals surface area contributed by atoms with Crippen molar-refractivity contribution in [2.75, 3.05) is 19.6 Å². The third-order valence-corrected chi connectivity index (χ3v) is 7.37. The lowest BCUT2D eigenvalue weighted by Crippen LogP contribution is -2.44. The average molecular weight is 444 g/mol. The Morgan fingerprint density at radius 1 is 0.969 bits per heavy atom. The molecular weight excluding hydrogens is 418 g/mol. The van der Waals surface area contributed by atoms with Crippen molar-refractivity contribution >= 4 is 44.1 Å². The first-order valence-corrected chi connectivity index (χ1v) is 11.9. The predicted molar refractivity (Wildman–Crippen MR) is 129 cm³/mol. The highest BCUT2D eigenvalue weighted by atomic mass is 32.1. The fraction of sp³-hybridized carbons (Fsp3) is 0.269. The molecule has 5 rings (SSSR count). The summed E-state index contributed by atoms with van der Waals surface area (Å²) in [4.78, 5) is 31.8. The average Bonchev–Trinajstić information content (AvgIpc) is 3.27. The highest BCUT2D eigenvalue weighted by molar-refractivity contribution is 7.18. The number of hydrogen-bond donors (Lipinski definition) is 1. The Bertz CT molecular complexity index is 1240.